The Morgan fingerprint density at radius 3 is 2.90 bits per heavy atom. The van der Waals surface area contributed by atoms with Gasteiger partial charge in [0.15, 0.2) is 0 Å². The lowest BCUT2D eigenvalue weighted by atomic mass is 10.0. The summed E-state index contributed by atoms with van der Waals surface area (Å²) in [7, 11) is 0. The number of halogens is 1. The van der Waals surface area contributed by atoms with Crippen molar-refractivity contribution in [1.82, 2.24) is 10.2 Å². The predicted molar refractivity (Wildman–Crippen MR) is 82.3 cm³/mol. The summed E-state index contributed by atoms with van der Waals surface area (Å²) in [6.07, 6.45) is 5.01. The molecule has 2 nitrogen and oxygen atoms in total. The molecule has 1 saturated heterocycles. The summed E-state index contributed by atoms with van der Waals surface area (Å²) in [5.74, 6) is -0.137. The quantitative estimate of drug-likeness (QED) is 0.852. The molecule has 1 aliphatic heterocycles. The van der Waals surface area contributed by atoms with Crippen molar-refractivity contribution in [2.45, 2.75) is 51.6 Å². The molecule has 1 N–H and O–H groups in total. The van der Waals surface area contributed by atoms with Crippen LogP contribution in [0.25, 0.3) is 0 Å². The molecular formula is C17H27FN2. The number of hydrogen-bond donors (Lipinski definition) is 1. The van der Waals surface area contributed by atoms with Crippen molar-refractivity contribution in [1.29, 1.82) is 0 Å². The van der Waals surface area contributed by atoms with Crippen molar-refractivity contribution in [3.8, 4) is 0 Å². The normalized spacial score (nSPS) is 21.1. The van der Waals surface area contributed by atoms with E-state index in [9.17, 15) is 4.39 Å². The van der Waals surface area contributed by atoms with Crippen molar-refractivity contribution in [2.75, 3.05) is 19.6 Å². The first-order chi connectivity index (χ1) is 9.70. The molecule has 0 amide bonds. The van der Waals surface area contributed by atoms with E-state index in [0.29, 0.717) is 6.04 Å². The van der Waals surface area contributed by atoms with Gasteiger partial charge in [-0.2, -0.15) is 0 Å². The highest BCUT2D eigenvalue weighted by atomic mass is 19.1. The van der Waals surface area contributed by atoms with E-state index in [2.05, 4.69) is 24.1 Å². The summed E-state index contributed by atoms with van der Waals surface area (Å²) in [4.78, 5) is 2.48. The molecule has 0 spiro atoms. The zero-order valence-corrected chi connectivity index (χ0v) is 12.7. The van der Waals surface area contributed by atoms with Gasteiger partial charge in [-0.05, 0) is 57.0 Å². The second-order valence-corrected chi connectivity index (χ2v) is 5.87. The molecule has 3 heteroatoms. The van der Waals surface area contributed by atoms with Gasteiger partial charge in [0.2, 0.25) is 0 Å². The highest BCUT2D eigenvalue weighted by Crippen LogP contribution is 2.22. The van der Waals surface area contributed by atoms with Crippen LogP contribution in [0.5, 0.6) is 0 Å². The maximum absolute atomic E-state index is 13.4. The van der Waals surface area contributed by atoms with Crippen molar-refractivity contribution in [3.63, 3.8) is 0 Å². The summed E-state index contributed by atoms with van der Waals surface area (Å²) < 4.78 is 13.4. The molecule has 2 atom stereocenters. The monoisotopic (exact) mass is 278 g/mol. The molecule has 112 valence electrons. The van der Waals surface area contributed by atoms with Gasteiger partial charge in [-0.15, -0.1) is 0 Å². The van der Waals surface area contributed by atoms with Gasteiger partial charge >= 0.3 is 0 Å². The second kappa shape index (κ2) is 7.75. The third kappa shape index (κ3) is 4.29. The topological polar surface area (TPSA) is 15.3 Å². The van der Waals surface area contributed by atoms with Gasteiger partial charge in [0.25, 0.3) is 0 Å². The van der Waals surface area contributed by atoms with Crippen molar-refractivity contribution in [2.24, 2.45) is 0 Å². The zero-order chi connectivity index (χ0) is 14.4. The van der Waals surface area contributed by atoms with E-state index in [0.717, 1.165) is 31.6 Å². The third-order valence-corrected chi connectivity index (χ3v) is 4.26. The van der Waals surface area contributed by atoms with Crippen LogP contribution in [0.3, 0.4) is 0 Å². The predicted octanol–water partition coefficient (Wildman–Crippen LogP) is 3.74. The molecule has 1 aromatic rings. The van der Waals surface area contributed by atoms with Crippen molar-refractivity contribution >= 4 is 0 Å². The SMILES string of the molecule is CCCN(CC1CCCCN1)C(C)c1cccc(F)c1. The van der Waals surface area contributed by atoms with Crippen molar-refractivity contribution in [3.05, 3.63) is 35.6 Å². The molecule has 1 aliphatic rings. The summed E-state index contributed by atoms with van der Waals surface area (Å²) in [5, 5.41) is 3.61. The summed E-state index contributed by atoms with van der Waals surface area (Å²) >= 11 is 0. The van der Waals surface area contributed by atoms with Crippen LogP contribution in [0.4, 0.5) is 4.39 Å². The van der Waals surface area contributed by atoms with Crippen LogP contribution in [0.1, 0.15) is 51.1 Å². The summed E-state index contributed by atoms with van der Waals surface area (Å²) in [6.45, 7) is 7.66. The summed E-state index contributed by atoms with van der Waals surface area (Å²) in [5.41, 5.74) is 1.08. The Balaban J connectivity index is 2.02. The minimum absolute atomic E-state index is 0.137. The number of piperidine rings is 1. The minimum Gasteiger partial charge on any atom is -0.313 e. The van der Waals surface area contributed by atoms with E-state index < -0.39 is 0 Å². The highest BCUT2D eigenvalue weighted by molar-refractivity contribution is 5.19. The lowest BCUT2D eigenvalue weighted by Gasteiger charge is -2.34. The number of nitrogens with one attached hydrogen (secondary N) is 1. The van der Waals surface area contributed by atoms with Gasteiger partial charge in [0.05, 0.1) is 0 Å². The molecule has 1 fully saturated rings. The van der Waals surface area contributed by atoms with Crippen LogP contribution in [0.15, 0.2) is 24.3 Å². The Morgan fingerprint density at radius 1 is 1.40 bits per heavy atom. The first-order valence-electron chi connectivity index (χ1n) is 7.93. The first kappa shape index (κ1) is 15.5. The average molecular weight is 278 g/mol. The fraction of sp³-hybridized carbons (Fsp3) is 0.647. The van der Waals surface area contributed by atoms with Gasteiger partial charge in [-0.3, -0.25) is 4.90 Å². The Labute approximate surface area is 122 Å². The molecule has 0 bridgehead atoms. The third-order valence-electron chi connectivity index (χ3n) is 4.26. The molecule has 20 heavy (non-hydrogen) atoms. The molecule has 0 radical (unpaired) electrons. The van der Waals surface area contributed by atoms with Crippen LogP contribution in [-0.2, 0) is 0 Å². The van der Waals surface area contributed by atoms with Crippen molar-refractivity contribution < 1.29 is 4.39 Å². The van der Waals surface area contributed by atoms with E-state index in [1.165, 1.54) is 25.3 Å². The van der Waals surface area contributed by atoms with Gasteiger partial charge in [0, 0.05) is 18.6 Å². The lowest BCUT2D eigenvalue weighted by molar-refractivity contribution is 0.176. The molecule has 0 aliphatic carbocycles. The zero-order valence-electron chi connectivity index (χ0n) is 12.7. The standard InChI is InChI=1S/C17H27FN2/c1-3-11-20(13-17-9-4-5-10-19-17)14(2)15-7-6-8-16(18)12-15/h6-8,12,14,17,19H,3-5,9-11,13H2,1-2H3. The maximum Gasteiger partial charge on any atom is 0.123 e. The fourth-order valence-corrected chi connectivity index (χ4v) is 3.07. The van der Waals surface area contributed by atoms with E-state index in [-0.39, 0.29) is 11.9 Å². The average Bonchev–Trinajstić information content (AvgIpc) is 2.47. The van der Waals surface area contributed by atoms with Gasteiger partial charge < -0.3 is 5.32 Å². The van der Waals surface area contributed by atoms with Gasteiger partial charge in [0.1, 0.15) is 5.82 Å². The number of hydrogen-bond acceptors (Lipinski definition) is 2. The van der Waals surface area contributed by atoms with E-state index in [1.807, 2.05) is 12.1 Å². The van der Waals surface area contributed by atoms with Gasteiger partial charge in [-0.1, -0.05) is 25.5 Å². The molecule has 2 rings (SSSR count). The van der Waals surface area contributed by atoms with Crippen LogP contribution in [0, 0.1) is 5.82 Å². The lowest BCUT2D eigenvalue weighted by Crippen LogP contribution is -2.44. The molecule has 1 heterocycles. The minimum atomic E-state index is -0.137. The molecule has 2 unspecified atom stereocenters. The maximum atomic E-state index is 13.4. The van der Waals surface area contributed by atoms with Crippen LogP contribution in [0.2, 0.25) is 0 Å². The molecule has 0 aromatic heterocycles. The van der Waals surface area contributed by atoms with E-state index in [1.54, 1.807) is 6.07 Å². The molecular weight excluding hydrogens is 251 g/mol. The second-order valence-electron chi connectivity index (χ2n) is 5.87. The Morgan fingerprint density at radius 2 is 2.25 bits per heavy atom. The number of nitrogens with zero attached hydrogens (tertiary/aromatic N) is 1. The molecule has 0 saturated carbocycles. The highest BCUT2D eigenvalue weighted by Gasteiger charge is 2.21. The first-order valence-corrected chi connectivity index (χ1v) is 7.93. The van der Waals surface area contributed by atoms with Crippen LogP contribution >= 0.6 is 0 Å². The Kier molecular flexibility index (Phi) is 5.99. The summed E-state index contributed by atoms with van der Waals surface area (Å²) in [6, 6.07) is 7.89. The van der Waals surface area contributed by atoms with Crippen LogP contribution in [-0.4, -0.2) is 30.6 Å². The van der Waals surface area contributed by atoms with E-state index >= 15 is 0 Å². The largest absolute Gasteiger partial charge is 0.313 e. The van der Waals surface area contributed by atoms with Gasteiger partial charge in [-0.25, -0.2) is 4.39 Å². The number of benzene rings is 1. The smallest absolute Gasteiger partial charge is 0.123 e. The Hall–Kier alpha value is -0.930. The van der Waals surface area contributed by atoms with E-state index in [4.69, 9.17) is 0 Å². The Bertz CT molecular complexity index is 402. The van der Waals surface area contributed by atoms with Crippen LogP contribution < -0.4 is 5.32 Å². The fourth-order valence-electron chi connectivity index (χ4n) is 3.07. The molecule has 1 aromatic carbocycles. The number of rotatable bonds is 6.